The molecule has 9 heteroatoms. The molecule has 0 spiro atoms. The Morgan fingerprint density at radius 1 is 1.19 bits per heavy atom. The van der Waals surface area contributed by atoms with Gasteiger partial charge in [0.1, 0.15) is 18.8 Å². The van der Waals surface area contributed by atoms with E-state index in [1.807, 2.05) is 6.07 Å². The van der Waals surface area contributed by atoms with E-state index in [1.54, 1.807) is 24.3 Å². The number of benzene rings is 2. The summed E-state index contributed by atoms with van der Waals surface area (Å²) in [5, 5.41) is 33.5. The average molecular weight is 381 g/mol. The minimum absolute atomic E-state index is 0.0430. The Morgan fingerprint density at radius 2 is 1.88 bits per heavy atom. The van der Waals surface area contributed by atoms with E-state index < -0.39 is 28.9 Å². The van der Waals surface area contributed by atoms with Crippen LogP contribution in [0.15, 0.2) is 48.5 Å². The Hall–Kier alpha value is -2.68. The van der Waals surface area contributed by atoms with Crippen LogP contribution < -0.4 is 5.32 Å². The standard InChI is InChI=1S/C17H17ClN2O6/c18-12-7-4-8-13(20(24)25)15(12)16(22)14(21)9-19-17(23)26-10-11-5-2-1-3-6-11/h1-8,14,16,21-22H,9-10H2,(H,19,23). The fourth-order valence-corrected chi connectivity index (χ4v) is 2.53. The fourth-order valence-electron chi connectivity index (χ4n) is 2.24. The summed E-state index contributed by atoms with van der Waals surface area (Å²) in [6, 6.07) is 12.9. The van der Waals surface area contributed by atoms with Crippen molar-refractivity contribution < 1.29 is 24.7 Å². The maximum atomic E-state index is 11.7. The topological polar surface area (TPSA) is 122 Å². The van der Waals surface area contributed by atoms with Crippen molar-refractivity contribution in [3.63, 3.8) is 0 Å². The molecule has 3 N–H and O–H groups in total. The Kier molecular flexibility index (Phi) is 6.90. The molecule has 0 bridgehead atoms. The number of halogens is 1. The molecular weight excluding hydrogens is 364 g/mol. The first-order valence-corrected chi connectivity index (χ1v) is 8.01. The van der Waals surface area contributed by atoms with Crippen molar-refractivity contribution in [1.82, 2.24) is 5.32 Å². The second kappa shape index (κ2) is 9.14. The maximum Gasteiger partial charge on any atom is 0.407 e. The number of aliphatic hydroxyl groups excluding tert-OH is 2. The number of nitro benzene ring substituents is 1. The van der Waals surface area contributed by atoms with Crippen LogP contribution in [0.3, 0.4) is 0 Å². The van der Waals surface area contributed by atoms with Crippen LogP contribution in [0.1, 0.15) is 17.2 Å². The van der Waals surface area contributed by atoms with Gasteiger partial charge in [0.2, 0.25) is 0 Å². The molecule has 0 aliphatic carbocycles. The minimum atomic E-state index is -1.65. The number of aliphatic hydroxyl groups is 2. The van der Waals surface area contributed by atoms with E-state index in [0.29, 0.717) is 0 Å². The molecule has 0 heterocycles. The molecule has 1 amide bonds. The van der Waals surface area contributed by atoms with Gasteiger partial charge in [-0.25, -0.2) is 4.79 Å². The van der Waals surface area contributed by atoms with Gasteiger partial charge < -0.3 is 20.3 Å². The molecule has 2 rings (SSSR count). The highest BCUT2D eigenvalue weighted by Crippen LogP contribution is 2.33. The van der Waals surface area contributed by atoms with Crippen LogP contribution in [0, 0.1) is 10.1 Å². The largest absolute Gasteiger partial charge is 0.445 e. The first-order valence-electron chi connectivity index (χ1n) is 7.63. The van der Waals surface area contributed by atoms with Gasteiger partial charge >= 0.3 is 6.09 Å². The Bertz CT molecular complexity index is 771. The van der Waals surface area contributed by atoms with E-state index in [-0.39, 0.29) is 23.7 Å². The van der Waals surface area contributed by atoms with E-state index in [4.69, 9.17) is 16.3 Å². The van der Waals surface area contributed by atoms with Gasteiger partial charge in [0, 0.05) is 12.6 Å². The van der Waals surface area contributed by atoms with Gasteiger partial charge in [-0.3, -0.25) is 10.1 Å². The third-order valence-electron chi connectivity index (χ3n) is 3.56. The molecule has 138 valence electrons. The van der Waals surface area contributed by atoms with E-state index in [9.17, 15) is 25.1 Å². The molecule has 2 aromatic carbocycles. The van der Waals surface area contributed by atoms with Gasteiger partial charge in [-0.2, -0.15) is 0 Å². The zero-order valence-electron chi connectivity index (χ0n) is 13.5. The molecule has 2 atom stereocenters. The van der Waals surface area contributed by atoms with Crippen LogP contribution in [0.2, 0.25) is 5.02 Å². The van der Waals surface area contributed by atoms with Gasteiger partial charge in [0.15, 0.2) is 0 Å². The Labute approximate surface area is 154 Å². The van der Waals surface area contributed by atoms with Gasteiger partial charge in [-0.1, -0.05) is 48.0 Å². The van der Waals surface area contributed by atoms with E-state index in [1.165, 1.54) is 18.2 Å². The van der Waals surface area contributed by atoms with Crippen LogP contribution in [0.25, 0.3) is 0 Å². The first-order chi connectivity index (χ1) is 12.4. The molecule has 0 radical (unpaired) electrons. The lowest BCUT2D eigenvalue weighted by molar-refractivity contribution is -0.386. The van der Waals surface area contributed by atoms with Crippen molar-refractivity contribution in [3.8, 4) is 0 Å². The summed E-state index contributed by atoms with van der Waals surface area (Å²) in [7, 11) is 0. The zero-order chi connectivity index (χ0) is 19.1. The SMILES string of the molecule is O=C(NCC(O)C(O)c1c(Cl)cccc1[N+](=O)[O-])OCc1ccccc1. The number of amides is 1. The zero-order valence-corrected chi connectivity index (χ0v) is 14.3. The predicted molar refractivity (Wildman–Crippen MR) is 93.7 cm³/mol. The van der Waals surface area contributed by atoms with Crippen molar-refractivity contribution in [2.75, 3.05) is 6.54 Å². The monoisotopic (exact) mass is 380 g/mol. The van der Waals surface area contributed by atoms with Gasteiger partial charge in [-0.05, 0) is 11.6 Å². The summed E-state index contributed by atoms with van der Waals surface area (Å²) >= 11 is 5.91. The van der Waals surface area contributed by atoms with Crippen LogP contribution in [-0.4, -0.2) is 33.9 Å². The third-order valence-corrected chi connectivity index (χ3v) is 3.88. The number of hydrogen-bond donors (Lipinski definition) is 3. The molecule has 0 aliphatic rings. The minimum Gasteiger partial charge on any atom is -0.445 e. The van der Waals surface area contributed by atoms with Crippen LogP contribution >= 0.6 is 11.6 Å². The van der Waals surface area contributed by atoms with Crippen LogP contribution in [0.5, 0.6) is 0 Å². The number of hydrogen-bond acceptors (Lipinski definition) is 6. The molecule has 26 heavy (non-hydrogen) atoms. The number of carbonyl (C=O) groups excluding carboxylic acids is 1. The smallest absolute Gasteiger partial charge is 0.407 e. The summed E-state index contributed by atoms with van der Waals surface area (Å²) in [6.45, 7) is -0.335. The molecule has 0 saturated heterocycles. The maximum absolute atomic E-state index is 11.7. The normalized spacial score (nSPS) is 12.9. The lowest BCUT2D eigenvalue weighted by atomic mass is 10.0. The number of nitro groups is 1. The molecule has 8 nitrogen and oxygen atoms in total. The Balaban J connectivity index is 1.92. The predicted octanol–water partition coefficient (Wildman–Crippen LogP) is 2.57. The summed E-state index contributed by atoms with van der Waals surface area (Å²) in [6.07, 6.45) is -3.97. The van der Waals surface area contributed by atoms with Crippen LogP contribution in [-0.2, 0) is 11.3 Å². The van der Waals surface area contributed by atoms with Crippen LogP contribution in [0.4, 0.5) is 10.5 Å². The molecule has 0 fully saturated rings. The van der Waals surface area contributed by atoms with Crippen molar-refractivity contribution >= 4 is 23.4 Å². The van der Waals surface area contributed by atoms with E-state index >= 15 is 0 Å². The molecule has 2 aromatic rings. The highest BCUT2D eigenvalue weighted by molar-refractivity contribution is 6.31. The van der Waals surface area contributed by atoms with Crippen molar-refractivity contribution in [2.45, 2.75) is 18.8 Å². The fraction of sp³-hybridized carbons (Fsp3) is 0.235. The molecule has 2 unspecified atom stereocenters. The average Bonchev–Trinajstić information content (AvgIpc) is 2.64. The molecule has 0 aliphatic heterocycles. The van der Waals surface area contributed by atoms with Crippen molar-refractivity contribution in [2.24, 2.45) is 0 Å². The van der Waals surface area contributed by atoms with E-state index in [2.05, 4.69) is 5.32 Å². The lowest BCUT2D eigenvalue weighted by Gasteiger charge is -2.19. The second-order valence-corrected chi connectivity index (χ2v) is 5.79. The van der Waals surface area contributed by atoms with Crippen molar-refractivity contribution in [1.29, 1.82) is 0 Å². The molecule has 0 saturated carbocycles. The molecule has 0 aromatic heterocycles. The highest BCUT2D eigenvalue weighted by Gasteiger charge is 2.29. The number of ether oxygens (including phenoxy) is 1. The summed E-state index contributed by atoms with van der Waals surface area (Å²) in [5.74, 6) is 0. The number of nitrogens with zero attached hydrogens (tertiary/aromatic N) is 1. The molecular formula is C17H17ClN2O6. The highest BCUT2D eigenvalue weighted by atomic mass is 35.5. The number of alkyl carbamates (subject to hydrolysis) is 1. The first kappa shape index (κ1) is 19.6. The van der Waals surface area contributed by atoms with Crippen molar-refractivity contribution in [3.05, 3.63) is 74.8 Å². The van der Waals surface area contributed by atoms with Gasteiger partial charge in [0.25, 0.3) is 5.69 Å². The number of carbonyl (C=O) groups is 1. The second-order valence-electron chi connectivity index (χ2n) is 5.38. The van der Waals surface area contributed by atoms with Gasteiger partial charge in [-0.15, -0.1) is 0 Å². The summed E-state index contributed by atoms with van der Waals surface area (Å²) in [4.78, 5) is 22.0. The summed E-state index contributed by atoms with van der Waals surface area (Å²) in [5.41, 5.74) is 0.150. The quantitative estimate of drug-likeness (QED) is 0.501. The number of rotatable bonds is 7. The third kappa shape index (κ3) is 5.16. The lowest BCUT2D eigenvalue weighted by Crippen LogP contribution is -2.36. The van der Waals surface area contributed by atoms with Gasteiger partial charge in [0.05, 0.1) is 15.5 Å². The number of nitrogens with one attached hydrogen (secondary N) is 1. The summed E-state index contributed by atoms with van der Waals surface area (Å²) < 4.78 is 4.97. The Morgan fingerprint density at radius 3 is 2.54 bits per heavy atom. The van der Waals surface area contributed by atoms with E-state index in [0.717, 1.165) is 5.56 Å².